The van der Waals surface area contributed by atoms with Crippen LogP contribution in [0.5, 0.6) is 0 Å². The van der Waals surface area contributed by atoms with E-state index >= 15 is 0 Å². The Morgan fingerprint density at radius 3 is 2.48 bits per heavy atom. The zero-order valence-electron chi connectivity index (χ0n) is 15.2. The van der Waals surface area contributed by atoms with Crippen molar-refractivity contribution in [3.8, 4) is 0 Å². The first-order valence-corrected chi connectivity index (χ1v) is 8.22. The molecule has 0 saturated carbocycles. The van der Waals surface area contributed by atoms with Crippen molar-refractivity contribution in [1.82, 2.24) is 14.9 Å². The highest BCUT2D eigenvalue weighted by atomic mass is 16.6. The molecular weight excluding hydrogens is 322 g/mol. The van der Waals surface area contributed by atoms with E-state index in [1.807, 2.05) is 32.6 Å². The lowest BCUT2D eigenvalue weighted by Crippen LogP contribution is -2.50. The monoisotopic (exact) mass is 347 g/mol. The van der Waals surface area contributed by atoms with Gasteiger partial charge in [-0.25, -0.2) is 9.79 Å². The average Bonchev–Trinajstić information content (AvgIpc) is 2.55. The molecule has 0 unspecified atom stereocenters. The normalized spacial score (nSPS) is 15.5. The number of anilines is 1. The number of hydrogen-bond acceptors (Lipinski definition) is 6. The number of amides is 1. The maximum Gasteiger partial charge on any atom is 0.410 e. The Morgan fingerprint density at radius 2 is 1.96 bits per heavy atom. The molecule has 2 rings (SSSR count). The standard InChI is InChI=1S/C17H25N5O3/c1-6-7-12-13(18-5)19-15(20-14(12)23)21-8-10-22(11-9-21)16(24)25-17(2,3)4/h6-7H,5,8-11H2,1-4H3,(H,19,20,23)/b7-6-. The molecule has 0 spiro atoms. The fourth-order valence-corrected chi connectivity index (χ4v) is 2.47. The van der Waals surface area contributed by atoms with Crippen LogP contribution in [0.1, 0.15) is 33.3 Å². The van der Waals surface area contributed by atoms with E-state index in [-0.39, 0.29) is 11.7 Å². The summed E-state index contributed by atoms with van der Waals surface area (Å²) in [4.78, 5) is 38.9. The summed E-state index contributed by atoms with van der Waals surface area (Å²) in [6.45, 7) is 12.9. The zero-order chi connectivity index (χ0) is 18.6. The maximum absolute atomic E-state index is 12.2. The topological polar surface area (TPSA) is 90.9 Å². The Balaban J connectivity index is 2.11. The van der Waals surface area contributed by atoms with Crippen molar-refractivity contribution in [3.63, 3.8) is 0 Å². The lowest BCUT2D eigenvalue weighted by Gasteiger charge is -2.35. The summed E-state index contributed by atoms with van der Waals surface area (Å²) in [6.07, 6.45) is 3.07. The fraction of sp³-hybridized carbons (Fsp3) is 0.529. The van der Waals surface area contributed by atoms with Crippen LogP contribution >= 0.6 is 0 Å². The number of aromatic amines is 1. The molecule has 1 N–H and O–H groups in total. The molecule has 1 aliphatic heterocycles. The number of aliphatic imine (C=N–C) groups is 1. The predicted molar refractivity (Wildman–Crippen MR) is 98.8 cm³/mol. The van der Waals surface area contributed by atoms with E-state index in [4.69, 9.17) is 4.74 Å². The molecule has 0 atom stereocenters. The van der Waals surface area contributed by atoms with Crippen LogP contribution in [0.15, 0.2) is 15.9 Å². The van der Waals surface area contributed by atoms with Crippen molar-refractivity contribution in [2.75, 3.05) is 31.1 Å². The fourth-order valence-electron chi connectivity index (χ4n) is 2.47. The second-order valence-corrected chi connectivity index (χ2v) is 6.74. The third kappa shape index (κ3) is 4.68. The summed E-state index contributed by atoms with van der Waals surface area (Å²) in [5, 5.41) is 0. The van der Waals surface area contributed by atoms with E-state index in [2.05, 4.69) is 21.7 Å². The molecule has 1 aromatic rings. The van der Waals surface area contributed by atoms with E-state index < -0.39 is 5.60 Å². The minimum atomic E-state index is -0.520. The highest BCUT2D eigenvalue weighted by molar-refractivity contribution is 5.68. The van der Waals surface area contributed by atoms with Gasteiger partial charge in [-0.3, -0.25) is 9.78 Å². The minimum Gasteiger partial charge on any atom is -0.444 e. The van der Waals surface area contributed by atoms with Crippen molar-refractivity contribution in [2.24, 2.45) is 4.99 Å². The molecule has 8 nitrogen and oxygen atoms in total. The smallest absolute Gasteiger partial charge is 0.410 e. The number of carbonyl (C=O) groups excluding carboxylic acids is 1. The van der Waals surface area contributed by atoms with Gasteiger partial charge < -0.3 is 14.5 Å². The Hall–Kier alpha value is -2.64. The Labute approximate surface area is 147 Å². The highest BCUT2D eigenvalue weighted by Gasteiger charge is 2.27. The third-order valence-electron chi connectivity index (χ3n) is 3.64. The first-order chi connectivity index (χ1) is 11.7. The van der Waals surface area contributed by atoms with E-state index in [1.165, 1.54) is 0 Å². The molecule has 0 aliphatic carbocycles. The number of nitrogens with zero attached hydrogens (tertiary/aromatic N) is 4. The Bertz CT molecular complexity index is 725. The number of allylic oxidation sites excluding steroid dienone is 1. The number of hydrogen-bond donors (Lipinski definition) is 1. The van der Waals surface area contributed by atoms with Crippen LogP contribution in [0.2, 0.25) is 0 Å². The Morgan fingerprint density at radius 1 is 1.32 bits per heavy atom. The van der Waals surface area contributed by atoms with Gasteiger partial charge in [0.2, 0.25) is 5.95 Å². The van der Waals surface area contributed by atoms with Crippen molar-refractivity contribution in [2.45, 2.75) is 33.3 Å². The molecule has 1 amide bonds. The predicted octanol–water partition coefficient (Wildman–Crippen LogP) is 2.19. The molecule has 2 heterocycles. The van der Waals surface area contributed by atoms with Gasteiger partial charge in [-0.15, -0.1) is 0 Å². The summed E-state index contributed by atoms with van der Waals surface area (Å²) >= 11 is 0. The minimum absolute atomic E-state index is 0.264. The lowest BCUT2D eigenvalue weighted by atomic mass is 10.2. The first kappa shape index (κ1) is 18.7. The SMILES string of the molecule is C=Nc1nc(N2CCN(C(=O)OC(C)(C)C)CC2)[nH]c(=O)c1/C=C\C. The van der Waals surface area contributed by atoms with Crippen LogP contribution < -0.4 is 10.5 Å². The summed E-state index contributed by atoms with van der Waals surface area (Å²) in [5.74, 6) is 0.732. The molecule has 25 heavy (non-hydrogen) atoms. The third-order valence-corrected chi connectivity index (χ3v) is 3.64. The Kier molecular flexibility index (Phi) is 5.61. The number of nitrogens with one attached hydrogen (secondary N) is 1. The lowest BCUT2D eigenvalue weighted by molar-refractivity contribution is 0.0240. The van der Waals surface area contributed by atoms with Gasteiger partial charge in [0, 0.05) is 26.2 Å². The molecular formula is C17H25N5O3. The number of ether oxygens (including phenoxy) is 1. The van der Waals surface area contributed by atoms with Gasteiger partial charge in [-0.1, -0.05) is 6.08 Å². The van der Waals surface area contributed by atoms with Crippen LogP contribution in [-0.4, -0.2) is 59.5 Å². The van der Waals surface area contributed by atoms with Gasteiger partial charge in [-0.05, 0) is 40.5 Å². The molecule has 136 valence electrons. The number of aromatic nitrogens is 2. The molecule has 1 aromatic heterocycles. The highest BCUT2D eigenvalue weighted by Crippen LogP contribution is 2.19. The van der Waals surface area contributed by atoms with Crippen LogP contribution in [0.3, 0.4) is 0 Å². The first-order valence-electron chi connectivity index (χ1n) is 8.22. The van der Waals surface area contributed by atoms with Gasteiger partial charge in [-0.2, -0.15) is 4.98 Å². The van der Waals surface area contributed by atoms with Gasteiger partial charge in [0.15, 0.2) is 5.82 Å². The molecule has 1 aliphatic rings. The van der Waals surface area contributed by atoms with Gasteiger partial charge >= 0.3 is 6.09 Å². The van der Waals surface area contributed by atoms with Crippen molar-refractivity contribution >= 4 is 30.7 Å². The van der Waals surface area contributed by atoms with E-state index in [0.717, 1.165) is 0 Å². The van der Waals surface area contributed by atoms with Crippen LogP contribution in [0.25, 0.3) is 6.08 Å². The molecule has 1 fully saturated rings. The van der Waals surface area contributed by atoms with E-state index in [0.29, 0.717) is 43.5 Å². The molecule has 0 bridgehead atoms. The number of rotatable bonds is 3. The van der Waals surface area contributed by atoms with E-state index in [1.54, 1.807) is 17.1 Å². The summed E-state index contributed by atoms with van der Waals surface area (Å²) < 4.78 is 5.38. The van der Waals surface area contributed by atoms with Crippen molar-refractivity contribution in [1.29, 1.82) is 0 Å². The van der Waals surface area contributed by atoms with Crippen molar-refractivity contribution < 1.29 is 9.53 Å². The summed E-state index contributed by atoms with van der Waals surface area (Å²) in [7, 11) is 0. The molecule has 0 radical (unpaired) electrons. The van der Waals surface area contributed by atoms with Gasteiger partial charge in [0.05, 0.1) is 5.56 Å². The van der Waals surface area contributed by atoms with Crippen molar-refractivity contribution in [3.05, 3.63) is 22.0 Å². The number of carbonyl (C=O) groups is 1. The van der Waals surface area contributed by atoms with Gasteiger partial charge in [0.1, 0.15) is 5.60 Å². The quantitative estimate of drug-likeness (QED) is 0.847. The largest absolute Gasteiger partial charge is 0.444 e. The number of H-pyrrole nitrogens is 1. The number of piperazine rings is 1. The second kappa shape index (κ2) is 7.50. The van der Waals surface area contributed by atoms with Crippen LogP contribution in [0.4, 0.5) is 16.6 Å². The zero-order valence-corrected chi connectivity index (χ0v) is 15.2. The second-order valence-electron chi connectivity index (χ2n) is 6.74. The maximum atomic E-state index is 12.2. The molecule has 8 heteroatoms. The molecule has 1 saturated heterocycles. The van der Waals surface area contributed by atoms with E-state index in [9.17, 15) is 9.59 Å². The van der Waals surface area contributed by atoms with Crippen LogP contribution in [0, 0.1) is 0 Å². The molecule has 0 aromatic carbocycles. The van der Waals surface area contributed by atoms with Crippen LogP contribution in [-0.2, 0) is 4.74 Å². The van der Waals surface area contributed by atoms with Gasteiger partial charge in [0.25, 0.3) is 5.56 Å². The summed E-state index contributed by atoms with van der Waals surface area (Å²) in [6, 6.07) is 0. The average molecular weight is 347 g/mol. The summed E-state index contributed by atoms with van der Waals surface area (Å²) in [5.41, 5.74) is -0.400.